The van der Waals surface area contributed by atoms with Gasteiger partial charge in [0.2, 0.25) is 0 Å². The normalized spacial score (nSPS) is 11.1. The predicted octanol–water partition coefficient (Wildman–Crippen LogP) is 6.19. The van der Waals surface area contributed by atoms with Crippen molar-refractivity contribution in [1.82, 2.24) is 9.38 Å². The highest BCUT2D eigenvalue weighted by molar-refractivity contribution is 7.98. The van der Waals surface area contributed by atoms with Crippen LogP contribution < -0.4 is 5.32 Å². The molecular formula is C24H25N3O2S2. The number of hydrogen-bond acceptors (Lipinski definition) is 6. The molecule has 0 spiro atoms. The molecule has 4 aromatic rings. The van der Waals surface area contributed by atoms with Gasteiger partial charge in [-0.25, -0.2) is 9.78 Å². The van der Waals surface area contributed by atoms with Crippen LogP contribution in [0.25, 0.3) is 16.2 Å². The molecule has 0 saturated carbocycles. The fourth-order valence-electron chi connectivity index (χ4n) is 3.44. The zero-order valence-electron chi connectivity index (χ0n) is 18.1. The second kappa shape index (κ2) is 9.16. The summed E-state index contributed by atoms with van der Waals surface area (Å²) >= 11 is 3.08. The van der Waals surface area contributed by atoms with Gasteiger partial charge in [0, 0.05) is 22.7 Å². The first kappa shape index (κ1) is 21.5. The van der Waals surface area contributed by atoms with Crippen LogP contribution in [0.3, 0.4) is 0 Å². The minimum absolute atomic E-state index is 0.300. The molecule has 0 aliphatic heterocycles. The van der Waals surface area contributed by atoms with Crippen molar-refractivity contribution >= 4 is 39.8 Å². The number of nitrogens with zero attached hydrogens (tertiary/aromatic N) is 2. The maximum atomic E-state index is 12.4. The molecule has 2 heterocycles. The molecule has 1 N–H and O–H groups in total. The average Bonchev–Trinajstić information content (AvgIpc) is 3.30. The third-order valence-electron chi connectivity index (χ3n) is 5.11. The summed E-state index contributed by atoms with van der Waals surface area (Å²) in [5.41, 5.74) is 5.17. The van der Waals surface area contributed by atoms with E-state index in [2.05, 4.69) is 67.0 Å². The van der Waals surface area contributed by atoms with Crippen LogP contribution >= 0.6 is 23.1 Å². The van der Waals surface area contributed by atoms with E-state index < -0.39 is 0 Å². The number of benzene rings is 2. The third-order valence-corrected chi connectivity index (χ3v) is 6.98. The first-order valence-corrected chi connectivity index (χ1v) is 12.2. The van der Waals surface area contributed by atoms with Gasteiger partial charge in [0.25, 0.3) is 0 Å². The fourth-order valence-corrected chi connectivity index (χ4v) is 4.87. The number of hydrogen-bond donors (Lipinski definition) is 1. The van der Waals surface area contributed by atoms with Crippen LogP contribution in [0, 0.1) is 13.8 Å². The van der Waals surface area contributed by atoms with E-state index in [1.54, 1.807) is 11.8 Å². The smallest absolute Gasteiger partial charge is 0.350 e. The summed E-state index contributed by atoms with van der Waals surface area (Å²) in [6.45, 7) is 6.85. The molecule has 0 aliphatic carbocycles. The van der Waals surface area contributed by atoms with Crippen molar-refractivity contribution in [2.45, 2.75) is 32.2 Å². The number of aromatic nitrogens is 2. The van der Waals surface area contributed by atoms with E-state index >= 15 is 0 Å². The van der Waals surface area contributed by atoms with Crippen molar-refractivity contribution in [3.8, 4) is 11.3 Å². The lowest BCUT2D eigenvalue weighted by Gasteiger charge is -2.10. The van der Waals surface area contributed by atoms with Crippen LogP contribution in [-0.4, -0.2) is 28.2 Å². The second-order valence-electron chi connectivity index (χ2n) is 7.23. The molecule has 0 unspecified atom stereocenters. The molecule has 7 heteroatoms. The Morgan fingerprint density at radius 3 is 2.48 bits per heavy atom. The molecule has 31 heavy (non-hydrogen) atoms. The van der Waals surface area contributed by atoms with Gasteiger partial charge >= 0.3 is 5.97 Å². The number of thiazole rings is 1. The number of imidazole rings is 1. The number of thioether (sulfide) groups is 1. The van der Waals surface area contributed by atoms with E-state index in [1.807, 2.05) is 18.2 Å². The van der Waals surface area contributed by atoms with Crippen molar-refractivity contribution in [3.05, 3.63) is 70.2 Å². The van der Waals surface area contributed by atoms with E-state index in [-0.39, 0.29) is 5.97 Å². The van der Waals surface area contributed by atoms with Gasteiger partial charge in [0.15, 0.2) is 4.96 Å². The number of carbonyl (C=O) groups is 1. The quantitative estimate of drug-likeness (QED) is 0.268. The van der Waals surface area contributed by atoms with Gasteiger partial charge in [-0.05, 0) is 44.7 Å². The first-order valence-electron chi connectivity index (χ1n) is 10.1. The van der Waals surface area contributed by atoms with E-state index in [0.29, 0.717) is 18.0 Å². The van der Waals surface area contributed by atoms with Gasteiger partial charge in [-0.1, -0.05) is 53.3 Å². The second-order valence-corrected chi connectivity index (χ2v) is 9.09. The van der Waals surface area contributed by atoms with Crippen molar-refractivity contribution in [3.63, 3.8) is 0 Å². The number of carbonyl (C=O) groups excluding carboxylic acids is 1. The van der Waals surface area contributed by atoms with Gasteiger partial charge in [0.05, 0.1) is 6.61 Å². The predicted molar refractivity (Wildman–Crippen MR) is 129 cm³/mol. The van der Waals surface area contributed by atoms with Crippen LogP contribution in [0.15, 0.2) is 53.4 Å². The number of aryl methyl sites for hydroxylation is 2. The molecule has 0 saturated heterocycles. The molecule has 5 nitrogen and oxygen atoms in total. The molecule has 160 valence electrons. The molecule has 0 atom stereocenters. The van der Waals surface area contributed by atoms with Gasteiger partial charge in [-0.2, -0.15) is 0 Å². The monoisotopic (exact) mass is 451 g/mol. The van der Waals surface area contributed by atoms with Crippen LogP contribution in [0.5, 0.6) is 0 Å². The summed E-state index contributed by atoms with van der Waals surface area (Å²) < 4.78 is 7.27. The van der Waals surface area contributed by atoms with Crippen molar-refractivity contribution < 1.29 is 9.53 Å². The number of nitrogens with one attached hydrogen (secondary N) is 1. The molecule has 0 fully saturated rings. The molecule has 2 aromatic carbocycles. The Hall–Kier alpha value is -2.77. The zero-order chi connectivity index (χ0) is 22.0. The Bertz CT molecular complexity index is 1210. The summed E-state index contributed by atoms with van der Waals surface area (Å²) in [6, 6.07) is 16.9. The maximum absolute atomic E-state index is 12.4. The number of anilines is 1. The highest BCUT2D eigenvalue weighted by Crippen LogP contribution is 2.35. The fraction of sp³-hybridized carbons (Fsp3) is 0.250. The summed E-state index contributed by atoms with van der Waals surface area (Å²) in [5.74, 6) is 0.586. The Morgan fingerprint density at radius 1 is 1.13 bits per heavy atom. The number of rotatable bonds is 7. The lowest BCUT2D eigenvalue weighted by Crippen LogP contribution is -2.07. The Balaban J connectivity index is 1.78. The van der Waals surface area contributed by atoms with Gasteiger partial charge in [-0.15, -0.1) is 11.8 Å². The van der Waals surface area contributed by atoms with Crippen molar-refractivity contribution in [2.24, 2.45) is 0 Å². The lowest BCUT2D eigenvalue weighted by molar-refractivity contribution is 0.0531. The molecule has 0 aliphatic rings. The Morgan fingerprint density at radius 2 is 1.84 bits per heavy atom. The number of esters is 1. The van der Waals surface area contributed by atoms with E-state index in [4.69, 9.17) is 9.72 Å². The largest absolute Gasteiger partial charge is 0.462 e. The average molecular weight is 452 g/mol. The third kappa shape index (κ3) is 4.34. The first-order chi connectivity index (χ1) is 15.0. The zero-order valence-corrected chi connectivity index (χ0v) is 19.7. The molecule has 4 rings (SSSR count). The summed E-state index contributed by atoms with van der Waals surface area (Å²) in [7, 11) is 0. The van der Waals surface area contributed by atoms with Gasteiger partial charge in [0.1, 0.15) is 16.4 Å². The summed E-state index contributed by atoms with van der Waals surface area (Å²) in [4.78, 5) is 19.9. The van der Waals surface area contributed by atoms with Crippen molar-refractivity contribution in [1.29, 1.82) is 0 Å². The van der Waals surface area contributed by atoms with Crippen LogP contribution in [0.4, 0.5) is 5.82 Å². The Kier molecular flexibility index (Phi) is 6.34. The van der Waals surface area contributed by atoms with Gasteiger partial charge < -0.3 is 10.1 Å². The number of ether oxygens (including phenoxy) is 1. The SMILES string of the molecule is CCOC(=O)c1sc2nc(-c3ccc(SC)cc3)c(NCc3ccc(C)cc3)n2c1C. The molecule has 0 amide bonds. The lowest BCUT2D eigenvalue weighted by atomic mass is 10.1. The Labute approximate surface area is 190 Å². The van der Waals surface area contributed by atoms with E-state index in [0.717, 1.165) is 27.7 Å². The van der Waals surface area contributed by atoms with Gasteiger partial charge in [-0.3, -0.25) is 4.40 Å². The maximum Gasteiger partial charge on any atom is 0.350 e. The van der Waals surface area contributed by atoms with Crippen LogP contribution in [-0.2, 0) is 11.3 Å². The molecule has 0 bridgehead atoms. The molecular weight excluding hydrogens is 426 g/mol. The van der Waals surface area contributed by atoms with Crippen molar-refractivity contribution in [2.75, 3.05) is 18.2 Å². The molecule has 0 radical (unpaired) electrons. The molecule has 2 aromatic heterocycles. The summed E-state index contributed by atoms with van der Waals surface area (Å²) in [5, 5.41) is 3.57. The number of fused-ring (bicyclic) bond motifs is 1. The minimum Gasteiger partial charge on any atom is -0.462 e. The van der Waals surface area contributed by atoms with Crippen LogP contribution in [0.2, 0.25) is 0 Å². The minimum atomic E-state index is -0.300. The van der Waals surface area contributed by atoms with E-state index in [1.165, 1.54) is 27.4 Å². The highest BCUT2D eigenvalue weighted by Gasteiger charge is 2.23. The summed E-state index contributed by atoms with van der Waals surface area (Å²) in [6.07, 6.45) is 2.07. The van der Waals surface area contributed by atoms with E-state index in [9.17, 15) is 4.79 Å². The topological polar surface area (TPSA) is 55.6 Å². The van der Waals surface area contributed by atoms with Crippen LogP contribution in [0.1, 0.15) is 33.4 Å². The highest BCUT2D eigenvalue weighted by atomic mass is 32.2. The standard InChI is InChI=1S/C24H25N3O2S2/c1-5-29-23(28)21-16(3)27-22(25-14-17-8-6-15(2)7-9-17)20(26-24(27)31-21)18-10-12-19(30-4)13-11-18/h6-13,25H,5,14H2,1-4H3.